The molecule has 0 saturated heterocycles. The number of hydrogen-bond acceptors (Lipinski definition) is 3. The highest BCUT2D eigenvalue weighted by Gasteiger charge is 2.22. The zero-order valence-electron chi connectivity index (χ0n) is 7.82. The van der Waals surface area contributed by atoms with E-state index in [0.29, 0.717) is 0 Å². The Labute approximate surface area is 80.1 Å². The summed E-state index contributed by atoms with van der Waals surface area (Å²) in [6.45, 7) is 2.83. The molecule has 0 aliphatic heterocycles. The van der Waals surface area contributed by atoms with Crippen LogP contribution in [0.25, 0.3) is 0 Å². The smallest absolute Gasteiger partial charge is 0.272 e. The second-order valence-corrected chi connectivity index (χ2v) is 3.48. The Morgan fingerprint density at radius 2 is 2.07 bits per heavy atom. The van der Waals surface area contributed by atoms with Gasteiger partial charge in [0.2, 0.25) is 0 Å². The average molecular weight is 199 g/mol. The van der Waals surface area contributed by atoms with Crippen LogP contribution in [-0.2, 0) is 5.60 Å². The lowest BCUT2D eigenvalue weighted by Crippen LogP contribution is -2.17. The van der Waals surface area contributed by atoms with Gasteiger partial charge in [-0.15, -0.1) is 0 Å². The molecule has 4 nitrogen and oxygen atoms in total. The zero-order valence-corrected chi connectivity index (χ0v) is 7.82. The van der Waals surface area contributed by atoms with Gasteiger partial charge in [0.15, 0.2) is 0 Å². The molecule has 0 heterocycles. The topological polar surface area (TPSA) is 63.4 Å². The molecule has 0 spiro atoms. The van der Waals surface area contributed by atoms with Gasteiger partial charge in [0.05, 0.1) is 16.6 Å². The largest absolute Gasteiger partial charge is 0.386 e. The molecule has 1 aromatic rings. The lowest BCUT2D eigenvalue weighted by Gasteiger charge is -2.17. The lowest BCUT2D eigenvalue weighted by atomic mass is 9.98. The highest BCUT2D eigenvalue weighted by Crippen LogP contribution is 2.25. The SMILES string of the molecule is CC(C)(O)c1ccc([N+](=O)[O-])cc1F. The van der Waals surface area contributed by atoms with Gasteiger partial charge in [-0.05, 0) is 19.9 Å². The third-order valence-electron chi connectivity index (χ3n) is 1.82. The van der Waals surface area contributed by atoms with Crippen molar-refractivity contribution in [1.82, 2.24) is 0 Å². The second kappa shape index (κ2) is 3.34. The van der Waals surface area contributed by atoms with E-state index < -0.39 is 16.3 Å². The molecule has 0 unspecified atom stereocenters. The minimum Gasteiger partial charge on any atom is -0.386 e. The predicted octanol–water partition coefficient (Wildman–Crippen LogP) is 1.96. The Balaban J connectivity index is 3.21. The fourth-order valence-electron chi connectivity index (χ4n) is 1.11. The van der Waals surface area contributed by atoms with Gasteiger partial charge in [-0.3, -0.25) is 10.1 Å². The van der Waals surface area contributed by atoms with Crippen LogP contribution in [0.1, 0.15) is 19.4 Å². The Kier molecular flexibility index (Phi) is 2.53. The van der Waals surface area contributed by atoms with Crippen LogP contribution in [0.15, 0.2) is 18.2 Å². The van der Waals surface area contributed by atoms with Gasteiger partial charge >= 0.3 is 0 Å². The van der Waals surface area contributed by atoms with Gasteiger partial charge in [0.1, 0.15) is 5.82 Å². The molecule has 0 fully saturated rings. The van der Waals surface area contributed by atoms with Crippen molar-refractivity contribution in [1.29, 1.82) is 0 Å². The molecule has 76 valence electrons. The molecule has 1 N–H and O–H groups in total. The first kappa shape index (κ1) is 10.6. The maximum absolute atomic E-state index is 13.2. The molecule has 0 saturated carbocycles. The van der Waals surface area contributed by atoms with E-state index in [2.05, 4.69) is 0 Å². The molecule has 0 atom stereocenters. The van der Waals surface area contributed by atoms with Crippen LogP contribution >= 0.6 is 0 Å². The predicted molar refractivity (Wildman–Crippen MR) is 48.3 cm³/mol. The number of nitro benzene ring substituents is 1. The number of nitrogens with zero attached hydrogens (tertiary/aromatic N) is 1. The summed E-state index contributed by atoms with van der Waals surface area (Å²) in [7, 11) is 0. The lowest BCUT2D eigenvalue weighted by molar-refractivity contribution is -0.385. The van der Waals surface area contributed by atoms with E-state index >= 15 is 0 Å². The van der Waals surface area contributed by atoms with Crippen LogP contribution in [0.5, 0.6) is 0 Å². The van der Waals surface area contributed by atoms with Gasteiger partial charge in [-0.2, -0.15) is 0 Å². The van der Waals surface area contributed by atoms with Gasteiger partial charge in [0.25, 0.3) is 5.69 Å². The van der Waals surface area contributed by atoms with Crippen molar-refractivity contribution in [3.8, 4) is 0 Å². The average Bonchev–Trinajstić information content (AvgIpc) is 2.01. The number of aliphatic hydroxyl groups is 1. The van der Waals surface area contributed by atoms with Crippen molar-refractivity contribution in [2.75, 3.05) is 0 Å². The van der Waals surface area contributed by atoms with E-state index in [1.807, 2.05) is 0 Å². The summed E-state index contributed by atoms with van der Waals surface area (Å²) in [5, 5.41) is 19.8. The quantitative estimate of drug-likeness (QED) is 0.585. The number of rotatable bonds is 2. The fraction of sp³-hybridized carbons (Fsp3) is 0.333. The monoisotopic (exact) mass is 199 g/mol. The molecule has 0 aliphatic rings. The molecule has 1 rings (SSSR count). The molecule has 5 heteroatoms. The summed E-state index contributed by atoms with van der Waals surface area (Å²) in [6, 6.07) is 3.18. The number of halogens is 1. The van der Waals surface area contributed by atoms with Gasteiger partial charge in [0, 0.05) is 11.6 Å². The van der Waals surface area contributed by atoms with Gasteiger partial charge in [-0.25, -0.2) is 4.39 Å². The van der Waals surface area contributed by atoms with E-state index in [0.717, 1.165) is 12.1 Å². The summed E-state index contributed by atoms with van der Waals surface area (Å²) >= 11 is 0. The Bertz CT molecular complexity index is 371. The molecule has 0 radical (unpaired) electrons. The van der Waals surface area contributed by atoms with Crippen LogP contribution in [0, 0.1) is 15.9 Å². The summed E-state index contributed by atoms with van der Waals surface area (Å²) in [5.41, 5.74) is -1.61. The Morgan fingerprint density at radius 1 is 1.50 bits per heavy atom. The minimum absolute atomic E-state index is 0.0445. The Hall–Kier alpha value is -1.49. The van der Waals surface area contributed by atoms with E-state index in [1.54, 1.807) is 0 Å². The second-order valence-electron chi connectivity index (χ2n) is 3.48. The molecule has 0 aliphatic carbocycles. The molecule has 0 aromatic heterocycles. The van der Waals surface area contributed by atoms with E-state index in [9.17, 15) is 19.6 Å². The summed E-state index contributed by atoms with van der Waals surface area (Å²) < 4.78 is 13.2. The first-order valence-electron chi connectivity index (χ1n) is 3.99. The van der Waals surface area contributed by atoms with Crippen LogP contribution in [0.3, 0.4) is 0 Å². The van der Waals surface area contributed by atoms with Crippen molar-refractivity contribution in [2.45, 2.75) is 19.4 Å². The van der Waals surface area contributed by atoms with Crippen LogP contribution in [-0.4, -0.2) is 10.0 Å². The summed E-state index contributed by atoms with van der Waals surface area (Å²) in [4.78, 5) is 9.61. The van der Waals surface area contributed by atoms with Crippen LogP contribution < -0.4 is 0 Å². The van der Waals surface area contributed by atoms with Crippen molar-refractivity contribution in [3.63, 3.8) is 0 Å². The van der Waals surface area contributed by atoms with E-state index in [4.69, 9.17) is 0 Å². The first-order chi connectivity index (χ1) is 6.32. The number of non-ortho nitro benzene ring substituents is 1. The highest BCUT2D eigenvalue weighted by molar-refractivity contribution is 5.36. The normalized spacial score (nSPS) is 11.4. The first-order valence-corrected chi connectivity index (χ1v) is 3.99. The minimum atomic E-state index is -1.33. The maximum Gasteiger partial charge on any atom is 0.272 e. The molecule has 14 heavy (non-hydrogen) atoms. The standard InChI is InChI=1S/C9H10FNO3/c1-9(2,12)7-4-3-6(11(13)14)5-8(7)10/h3-5,12H,1-2H3. The Morgan fingerprint density at radius 3 is 2.43 bits per heavy atom. The van der Waals surface area contributed by atoms with Crippen molar-refractivity contribution >= 4 is 5.69 Å². The third kappa shape index (κ3) is 2.05. The summed E-state index contributed by atoms with van der Waals surface area (Å²) in [5.74, 6) is -0.772. The molecule has 0 amide bonds. The molecular weight excluding hydrogens is 189 g/mol. The molecule has 0 bridgehead atoms. The third-order valence-corrected chi connectivity index (χ3v) is 1.82. The summed E-state index contributed by atoms with van der Waals surface area (Å²) in [6.07, 6.45) is 0. The van der Waals surface area contributed by atoms with Crippen LogP contribution in [0.4, 0.5) is 10.1 Å². The number of hydrogen-bond donors (Lipinski definition) is 1. The highest BCUT2D eigenvalue weighted by atomic mass is 19.1. The molecule has 1 aromatic carbocycles. The van der Waals surface area contributed by atoms with Crippen molar-refractivity contribution in [3.05, 3.63) is 39.7 Å². The molecular formula is C9H10FNO3. The van der Waals surface area contributed by atoms with E-state index in [-0.39, 0.29) is 11.3 Å². The maximum atomic E-state index is 13.2. The van der Waals surface area contributed by atoms with Gasteiger partial charge < -0.3 is 5.11 Å². The van der Waals surface area contributed by atoms with E-state index in [1.165, 1.54) is 19.9 Å². The number of nitro groups is 1. The number of benzene rings is 1. The van der Waals surface area contributed by atoms with Crippen LogP contribution in [0.2, 0.25) is 0 Å². The fourth-order valence-corrected chi connectivity index (χ4v) is 1.11. The van der Waals surface area contributed by atoms with Crippen molar-refractivity contribution in [2.24, 2.45) is 0 Å². The van der Waals surface area contributed by atoms with Crippen molar-refractivity contribution < 1.29 is 14.4 Å². The zero-order chi connectivity index (χ0) is 10.9. The van der Waals surface area contributed by atoms with Gasteiger partial charge in [-0.1, -0.05) is 0 Å².